The number of rotatable bonds is 4. The summed E-state index contributed by atoms with van der Waals surface area (Å²) in [7, 11) is 0. The van der Waals surface area contributed by atoms with Crippen molar-refractivity contribution in [2.45, 2.75) is 33.2 Å². The summed E-state index contributed by atoms with van der Waals surface area (Å²) in [5.41, 5.74) is 0.624. The molecule has 1 aromatic rings. The second-order valence-electron chi connectivity index (χ2n) is 4.11. The van der Waals surface area contributed by atoms with Crippen molar-refractivity contribution in [1.29, 1.82) is 0 Å². The van der Waals surface area contributed by atoms with Crippen LogP contribution in [0.15, 0.2) is 10.9 Å². The molecule has 0 aliphatic rings. The Balaban J connectivity index is 3.05. The molecule has 0 aliphatic carbocycles. The zero-order chi connectivity index (χ0) is 13.9. The van der Waals surface area contributed by atoms with Crippen molar-refractivity contribution < 1.29 is 14.7 Å². The third-order valence-corrected chi connectivity index (χ3v) is 2.60. The Labute approximate surface area is 104 Å². The lowest BCUT2D eigenvalue weighted by Gasteiger charge is -2.13. The molecular weight excluding hydrogens is 236 g/mol. The number of aromatic amines is 1. The first-order chi connectivity index (χ1) is 8.36. The Hall–Kier alpha value is -2.11. The molecule has 0 saturated heterocycles. The average Bonchev–Trinajstić information content (AvgIpc) is 2.23. The molecule has 1 atom stereocenters. The fourth-order valence-corrected chi connectivity index (χ4v) is 1.70. The number of hydrogen-bond acceptors (Lipinski definition) is 3. The van der Waals surface area contributed by atoms with Gasteiger partial charge in [0.25, 0.3) is 11.5 Å². The summed E-state index contributed by atoms with van der Waals surface area (Å²) in [6.07, 6.45) is 0.254. The van der Waals surface area contributed by atoms with Crippen LogP contribution < -0.4 is 10.9 Å². The zero-order valence-electron chi connectivity index (χ0n) is 10.5. The normalized spacial score (nSPS) is 11.9. The molecule has 0 bridgehead atoms. The molecule has 0 spiro atoms. The van der Waals surface area contributed by atoms with E-state index >= 15 is 0 Å². The third kappa shape index (κ3) is 2.97. The van der Waals surface area contributed by atoms with Gasteiger partial charge in [0, 0.05) is 5.69 Å². The Kier molecular flexibility index (Phi) is 4.25. The Morgan fingerprint density at radius 1 is 1.44 bits per heavy atom. The molecule has 0 aliphatic heterocycles. The summed E-state index contributed by atoms with van der Waals surface area (Å²) in [6.45, 7) is 4.99. The standard InChI is InChI=1S/C12H16N2O4/c1-4-8(12(17)18)14-11(16)9-6(2)5-7(3)13-10(9)15/h5,8H,4H2,1-3H3,(H,13,15)(H,14,16)(H,17,18)/t8-/m0/s1. The summed E-state index contributed by atoms with van der Waals surface area (Å²) in [5, 5.41) is 11.2. The lowest BCUT2D eigenvalue weighted by atomic mass is 10.1. The number of hydrogen-bond donors (Lipinski definition) is 3. The largest absolute Gasteiger partial charge is 0.480 e. The molecule has 6 heteroatoms. The van der Waals surface area contributed by atoms with E-state index < -0.39 is 23.5 Å². The van der Waals surface area contributed by atoms with Crippen LogP contribution in [0.3, 0.4) is 0 Å². The van der Waals surface area contributed by atoms with Crippen molar-refractivity contribution in [3.8, 4) is 0 Å². The topological polar surface area (TPSA) is 99.3 Å². The first kappa shape index (κ1) is 14.0. The van der Waals surface area contributed by atoms with Crippen molar-refractivity contribution >= 4 is 11.9 Å². The lowest BCUT2D eigenvalue weighted by Crippen LogP contribution is -2.42. The second-order valence-corrected chi connectivity index (χ2v) is 4.11. The third-order valence-electron chi connectivity index (χ3n) is 2.60. The van der Waals surface area contributed by atoms with Gasteiger partial charge in [0.2, 0.25) is 0 Å². The summed E-state index contributed by atoms with van der Waals surface area (Å²) >= 11 is 0. The van der Waals surface area contributed by atoms with E-state index in [9.17, 15) is 14.4 Å². The highest BCUT2D eigenvalue weighted by Gasteiger charge is 2.21. The molecule has 0 aromatic carbocycles. The molecule has 0 fully saturated rings. The van der Waals surface area contributed by atoms with Crippen LogP contribution in [0.5, 0.6) is 0 Å². The molecule has 1 rings (SSSR count). The van der Waals surface area contributed by atoms with Gasteiger partial charge in [-0.2, -0.15) is 0 Å². The molecule has 6 nitrogen and oxygen atoms in total. The highest BCUT2D eigenvalue weighted by Crippen LogP contribution is 2.04. The molecule has 1 amide bonds. The van der Waals surface area contributed by atoms with Crippen molar-refractivity contribution in [2.75, 3.05) is 0 Å². The minimum absolute atomic E-state index is 0.0414. The zero-order valence-corrected chi connectivity index (χ0v) is 10.5. The van der Waals surface area contributed by atoms with Crippen molar-refractivity contribution in [3.05, 3.63) is 33.2 Å². The SMILES string of the molecule is CC[C@H](NC(=O)c1c(C)cc(C)[nH]c1=O)C(=O)O. The van der Waals surface area contributed by atoms with Crippen LogP contribution in [0.2, 0.25) is 0 Å². The summed E-state index contributed by atoms with van der Waals surface area (Å²) in [6, 6.07) is 0.676. The number of pyridine rings is 1. The van der Waals surface area contributed by atoms with Gasteiger partial charge in [-0.15, -0.1) is 0 Å². The minimum atomic E-state index is -1.12. The number of H-pyrrole nitrogens is 1. The van der Waals surface area contributed by atoms with Gasteiger partial charge in [-0.1, -0.05) is 6.92 Å². The van der Waals surface area contributed by atoms with E-state index in [2.05, 4.69) is 10.3 Å². The quantitative estimate of drug-likeness (QED) is 0.730. The van der Waals surface area contributed by atoms with Crippen LogP contribution in [-0.4, -0.2) is 28.0 Å². The van der Waals surface area contributed by atoms with Crippen LogP contribution in [0.1, 0.15) is 35.0 Å². The van der Waals surface area contributed by atoms with E-state index in [-0.39, 0.29) is 12.0 Å². The number of aliphatic carboxylic acids is 1. The number of carbonyl (C=O) groups excluding carboxylic acids is 1. The van der Waals surface area contributed by atoms with Crippen LogP contribution in [0, 0.1) is 13.8 Å². The van der Waals surface area contributed by atoms with Gasteiger partial charge in [-0.3, -0.25) is 9.59 Å². The molecule has 0 radical (unpaired) electrons. The number of amides is 1. The van der Waals surface area contributed by atoms with Gasteiger partial charge in [0.1, 0.15) is 11.6 Å². The number of carbonyl (C=O) groups is 2. The summed E-state index contributed by atoms with van der Waals surface area (Å²) in [5.74, 6) is -1.78. The molecule has 1 aromatic heterocycles. The van der Waals surface area contributed by atoms with Gasteiger partial charge < -0.3 is 15.4 Å². The van der Waals surface area contributed by atoms with Crippen molar-refractivity contribution in [3.63, 3.8) is 0 Å². The van der Waals surface area contributed by atoms with Crippen LogP contribution in [0.4, 0.5) is 0 Å². The fraction of sp³-hybridized carbons (Fsp3) is 0.417. The lowest BCUT2D eigenvalue weighted by molar-refractivity contribution is -0.139. The summed E-state index contributed by atoms with van der Waals surface area (Å²) < 4.78 is 0. The minimum Gasteiger partial charge on any atom is -0.480 e. The Bertz CT molecular complexity index is 533. The van der Waals surface area contributed by atoms with Gasteiger partial charge in [0.15, 0.2) is 0 Å². The van der Waals surface area contributed by atoms with E-state index in [1.165, 1.54) is 0 Å². The first-order valence-corrected chi connectivity index (χ1v) is 5.61. The van der Waals surface area contributed by atoms with Crippen LogP contribution >= 0.6 is 0 Å². The number of nitrogens with one attached hydrogen (secondary N) is 2. The summed E-state index contributed by atoms with van der Waals surface area (Å²) in [4.78, 5) is 36.9. The number of carboxylic acid groups (broad SMARTS) is 1. The molecular formula is C12H16N2O4. The molecule has 18 heavy (non-hydrogen) atoms. The predicted molar refractivity (Wildman–Crippen MR) is 65.7 cm³/mol. The highest BCUT2D eigenvalue weighted by atomic mass is 16.4. The number of carboxylic acids is 1. The average molecular weight is 252 g/mol. The van der Waals surface area contributed by atoms with E-state index in [4.69, 9.17) is 5.11 Å². The second kappa shape index (κ2) is 5.48. The fourth-order valence-electron chi connectivity index (χ4n) is 1.70. The van der Waals surface area contributed by atoms with E-state index in [0.717, 1.165) is 0 Å². The Morgan fingerprint density at radius 2 is 2.06 bits per heavy atom. The van der Waals surface area contributed by atoms with E-state index in [1.807, 2.05) is 0 Å². The maximum atomic E-state index is 11.9. The smallest absolute Gasteiger partial charge is 0.326 e. The van der Waals surface area contributed by atoms with Gasteiger partial charge in [0.05, 0.1) is 0 Å². The van der Waals surface area contributed by atoms with Crippen LogP contribution in [0.25, 0.3) is 0 Å². The van der Waals surface area contributed by atoms with Gasteiger partial charge in [-0.25, -0.2) is 4.79 Å². The van der Waals surface area contributed by atoms with Gasteiger partial charge >= 0.3 is 5.97 Å². The van der Waals surface area contributed by atoms with Gasteiger partial charge in [-0.05, 0) is 31.9 Å². The molecule has 3 N–H and O–H groups in total. The van der Waals surface area contributed by atoms with E-state index in [0.29, 0.717) is 11.3 Å². The molecule has 0 saturated carbocycles. The van der Waals surface area contributed by atoms with E-state index in [1.54, 1.807) is 26.8 Å². The maximum absolute atomic E-state index is 11.9. The molecule has 1 heterocycles. The Morgan fingerprint density at radius 3 is 2.50 bits per heavy atom. The number of aryl methyl sites for hydroxylation is 2. The predicted octanol–water partition coefficient (Wildman–Crippen LogP) is 0.585. The maximum Gasteiger partial charge on any atom is 0.326 e. The van der Waals surface area contributed by atoms with Crippen molar-refractivity contribution in [1.82, 2.24) is 10.3 Å². The van der Waals surface area contributed by atoms with Crippen molar-refractivity contribution in [2.24, 2.45) is 0 Å². The van der Waals surface area contributed by atoms with Crippen LogP contribution in [-0.2, 0) is 4.79 Å². The highest BCUT2D eigenvalue weighted by molar-refractivity contribution is 5.97. The monoisotopic (exact) mass is 252 g/mol. The molecule has 98 valence electrons. The molecule has 0 unspecified atom stereocenters. The number of aromatic nitrogens is 1. The first-order valence-electron chi connectivity index (χ1n) is 5.61.